The van der Waals surface area contributed by atoms with E-state index in [0.29, 0.717) is 24.2 Å². The molecule has 0 spiro atoms. The molecule has 0 aliphatic heterocycles. The van der Waals surface area contributed by atoms with Gasteiger partial charge in [-0.25, -0.2) is 13.6 Å². The van der Waals surface area contributed by atoms with Crippen LogP contribution >= 0.6 is 0 Å². The van der Waals surface area contributed by atoms with Crippen molar-refractivity contribution in [1.82, 2.24) is 0 Å². The fourth-order valence-electron chi connectivity index (χ4n) is 1.96. The highest BCUT2D eigenvalue weighted by Crippen LogP contribution is 2.18. The van der Waals surface area contributed by atoms with Crippen LogP contribution in [-0.2, 0) is 6.42 Å². The molecule has 0 atom stereocenters. The maximum absolute atomic E-state index is 13.0. The normalized spacial score (nSPS) is 10.4. The highest BCUT2D eigenvalue weighted by molar-refractivity contribution is 5.94. The Bertz CT molecular complexity index is 654. The van der Waals surface area contributed by atoms with Gasteiger partial charge in [-0.2, -0.15) is 0 Å². The van der Waals surface area contributed by atoms with Gasteiger partial charge in [0.05, 0.1) is 5.56 Å². The SMILES string of the molecule is Nc1ccc(NCCc2cc(F)cc(F)c2)cc1C(=O)O. The predicted octanol–water partition coefficient (Wildman–Crippen LogP) is 2.90. The van der Waals surface area contributed by atoms with Crippen molar-refractivity contribution in [2.24, 2.45) is 0 Å². The Morgan fingerprint density at radius 2 is 1.81 bits per heavy atom. The summed E-state index contributed by atoms with van der Waals surface area (Å²) in [5.41, 5.74) is 6.85. The number of nitrogens with two attached hydrogens (primary N) is 1. The molecule has 0 amide bonds. The standard InChI is InChI=1S/C15H14F2N2O2/c16-10-5-9(6-11(17)7-10)3-4-19-12-1-2-14(18)13(8-12)15(20)21/h1-2,5-8,19H,3-4,18H2,(H,20,21). The molecule has 6 heteroatoms. The van der Waals surface area contributed by atoms with Gasteiger partial charge in [-0.3, -0.25) is 0 Å². The number of hydrogen-bond donors (Lipinski definition) is 3. The molecule has 0 aliphatic carbocycles. The summed E-state index contributed by atoms with van der Waals surface area (Å²) in [5.74, 6) is -2.35. The minimum Gasteiger partial charge on any atom is -0.478 e. The summed E-state index contributed by atoms with van der Waals surface area (Å²) in [7, 11) is 0. The number of carboxylic acids is 1. The quantitative estimate of drug-likeness (QED) is 0.741. The molecule has 2 aromatic rings. The minimum absolute atomic E-state index is 0.0109. The third-order valence-corrected chi connectivity index (χ3v) is 2.95. The van der Waals surface area contributed by atoms with Gasteiger partial charge in [0.25, 0.3) is 0 Å². The first-order valence-corrected chi connectivity index (χ1v) is 6.27. The van der Waals surface area contributed by atoms with Crippen LogP contribution in [0.4, 0.5) is 20.2 Å². The number of carbonyl (C=O) groups is 1. The number of anilines is 2. The van der Waals surface area contributed by atoms with E-state index in [2.05, 4.69) is 5.32 Å². The van der Waals surface area contributed by atoms with Crippen LogP contribution in [0.2, 0.25) is 0 Å². The molecule has 2 rings (SSSR count). The lowest BCUT2D eigenvalue weighted by Crippen LogP contribution is -2.08. The first kappa shape index (κ1) is 14.8. The van der Waals surface area contributed by atoms with Crippen LogP contribution in [0, 0.1) is 11.6 Å². The second-order valence-electron chi connectivity index (χ2n) is 4.56. The second-order valence-corrected chi connectivity index (χ2v) is 4.56. The molecule has 0 saturated carbocycles. The largest absolute Gasteiger partial charge is 0.478 e. The number of carboxylic acid groups (broad SMARTS) is 1. The fourth-order valence-corrected chi connectivity index (χ4v) is 1.96. The first-order valence-electron chi connectivity index (χ1n) is 6.27. The Balaban J connectivity index is 2.00. The van der Waals surface area contributed by atoms with Crippen molar-refractivity contribution in [3.63, 3.8) is 0 Å². The summed E-state index contributed by atoms with van der Waals surface area (Å²) in [6.07, 6.45) is 0.404. The molecular weight excluding hydrogens is 278 g/mol. The summed E-state index contributed by atoms with van der Waals surface area (Å²) < 4.78 is 26.0. The number of nitrogen functional groups attached to an aromatic ring is 1. The van der Waals surface area contributed by atoms with E-state index in [0.717, 1.165) is 6.07 Å². The first-order chi connectivity index (χ1) is 9.95. The second kappa shape index (κ2) is 6.21. The summed E-state index contributed by atoms with van der Waals surface area (Å²) in [6, 6.07) is 7.90. The topological polar surface area (TPSA) is 75.3 Å². The molecular formula is C15H14F2N2O2. The van der Waals surface area contributed by atoms with E-state index in [1.165, 1.54) is 24.3 Å². The lowest BCUT2D eigenvalue weighted by atomic mass is 10.1. The van der Waals surface area contributed by atoms with Gasteiger partial charge in [-0.1, -0.05) is 0 Å². The zero-order valence-electron chi connectivity index (χ0n) is 11.1. The molecule has 0 saturated heterocycles. The van der Waals surface area contributed by atoms with Crippen LogP contribution in [0.1, 0.15) is 15.9 Å². The lowest BCUT2D eigenvalue weighted by molar-refractivity contribution is 0.0698. The maximum atomic E-state index is 13.0. The van der Waals surface area contributed by atoms with Crippen molar-refractivity contribution in [3.05, 3.63) is 59.2 Å². The van der Waals surface area contributed by atoms with Crippen molar-refractivity contribution in [2.45, 2.75) is 6.42 Å². The van der Waals surface area contributed by atoms with Gasteiger partial charge in [-0.15, -0.1) is 0 Å². The third kappa shape index (κ3) is 3.92. The number of benzene rings is 2. The molecule has 4 N–H and O–H groups in total. The van der Waals surface area contributed by atoms with E-state index in [4.69, 9.17) is 10.8 Å². The number of rotatable bonds is 5. The van der Waals surface area contributed by atoms with E-state index in [1.807, 2.05) is 0 Å². The lowest BCUT2D eigenvalue weighted by Gasteiger charge is -2.09. The van der Waals surface area contributed by atoms with Gasteiger partial charge >= 0.3 is 5.97 Å². The monoisotopic (exact) mass is 292 g/mol. The molecule has 0 radical (unpaired) electrons. The Kier molecular flexibility index (Phi) is 4.37. The maximum Gasteiger partial charge on any atom is 0.337 e. The van der Waals surface area contributed by atoms with Gasteiger partial charge in [0.1, 0.15) is 11.6 Å². The smallest absolute Gasteiger partial charge is 0.337 e. The Morgan fingerprint density at radius 3 is 2.43 bits per heavy atom. The van der Waals surface area contributed by atoms with Crippen LogP contribution < -0.4 is 11.1 Å². The molecule has 21 heavy (non-hydrogen) atoms. The van der Waals surface area contributed by atoms with Crippen LogP contribution in [-0.4, -0.2) is 17.6 Å². The Morgan fingerprint density at radius 1 is 1.14 bits per heavy atom. The van der Waals surface area contributed by atoms with Gasteiger partial charge < -0.3 is 16.2 Å². The van der Waals surface area contributed by atoms with E-state index < -0.39 is 17.6 Å². The third-order valence-electron chi connectivity index (χ3n) is 2.95. The fraction of sp³-hybridized carbons (Fsp3) is 0.133. The Hall–Kier alpha value is -2.63. The van der Waals surface area contributed by atoms with Crippen LogP contribution in [0.3, 0.4) is 0 Å². The van der Waals surface area contributed by atoms with Crippen LogP contribution in [0.5, 0.6) is 0 Å². The predicted molar refractivity (Wildman–Crippen MR) is 76.4 cm³/mol. The minimum atomic E-state index is -1.11. The number of nitrogens with one attached hydrogen (secondary N) is 1. The molecule has 0 aliphatic rings. The molecule has 0 fully saturated rings. The van der Waals surface area contributed by atoms with Crippen LogP contribution in [0.25, 0.3) is 0 Å². The molecule has 0 unspecified atom stereocenters. The molecule has 4 nitrogen and oxygen atoms in total. The number of halogens is 2. The van der Waals surface area contributed by atoms with Crippen molar-refractivity contribution >= 4 is 17.3 Å². The van der Waals surface area contributed by atoms with Crippen molar-refractivity contribution in [2.75, 3.05) is 17.6 Å². The summed E-state index contributed by atoms with van der Waals surface area (Å²) in [6.45, 7) is 0.409. The van der Waals surface area contributed by atoms with Crippen molar-refractivity contribution < 1.29 is 18.7 Å². The van der Waals surface area contributed by atoms with E-state index >= 15 is 0 Å². The van der Waals surface area contributed by atoms with E-state index in [9.17, 15) is 13.6 Å². The highest BCUT2D eigenvalue weighted by Gasteiger charge is 2.08. The van der Waals surface area contributed by atoms with Gasteiger partial charge in [0.15, 0.2) is 0 Å². The average molecular weight is 292 g/mol. The molecule has 0 bridgehead atoms. The van der Waals surface area contributed by atoms with Crippen LogP contribution in [0.15, 0.2) is 36.4 Å². The molecule has 0 heterocycles. The molecule has 2 aromatic carbocycles. The average Bonchev–Trinajstić information content (AvgIpc) is 2.39. The molecule has 0 aromatic heterocycles. The van der Waals surface area contributed by atoms with Gasteiger partial charge in [0, 0.05) is 24.0 Å². The zero-order chi connectivity index (χ0) is 15.4. The van der Waals surface area contributed by atoms with Gasteiger partial charge in [-0.05, 0) is 42.3 Å². The molecule has 110 valence electrons. The highest BCUT2D eigenvalue weighted by atomic mass is 19.1. The summed E-state index contributed by atoms with van der Waals surface area (Å²) >= 11 is 0. The van der Waals surface area contributed by atoms with Crippen molar-refractivity contribution in [3.8, 4) is 0 Å². The number of hydrogen-bond acceptors (Lipinski definition) is 3. The summed E-state index contributed by atoms with van der Waals surface area (Å²) in [4.78, 5) is 11.0. The Labute approximate surface area is 120 Å². The van der Waals surface area contributed by atoms with Gasteiger partial charge in [0.2, 0.25) is 0 Å². The van der Waals surface area contributed by atoms with E-state index in [-0.39, 0.29) is 11.3 Å². The summed E-state index contributed by atoms with van der Waals surface area (Å²) in [5, 5.41) is 12.0. The van der Waals surface area contributed by atoms with E-state index in [1.54, 1.807) is 6.07 Å². The number of aromatic carboxylic acids is 1. The zero-order valence-corrected chi connectivity index (χ0v) is 11.1. The van der Waals surface area contributed by atoms with Crippen molar-refractivity contribution in [1.29, 1.82) is 0 Å².